The first-order valence-corrected chi connectivity index (χ1v) is 17.7. The Bertz CT molecular complexity index is 1200. The Morgan fingerprint density at radius 3 is 2.20 bits per heavy atom. The van der Waals surface area contributed by atoms with Gasteiger partial charge in [-0.1, -0.05) is 61.0 Å². The maximum absolute atomic E-state index is 14.6. The average Bonchev–Trinajstić information content (AvgIpc) is 2.94. The summed E-state index contributed by atoms with van der Waals surface area (Å²) in [5.41, 5.74) is 0.317. The number of hydrogen-bond donors (Lipinski definition) is 0. The first-order valence-electron chi connectivity index (χ1n) is 17.7. The average molecular weight is 612 g/mol. The number of esters is 2. The summed E-state index contributed by atoms with van der Waals surface area (Å²) in [5, 5.41) is 0. The van der Waals surface area contributed by atoms with Crippen LogP contribution in [-0.2, 0) is 23.9 Å². The Labute approximate surface area is 267 Å². The maximum Gasteiger partial charge on any atom is 0.311 e. The van der Waals surface area contributed by atoms with Gasteiger partial charge in [-0.05, 0) is 117 Å². The summed E-state index contributed by atoms with van der Waals surface area (Å²) in [5.74, 6) is 0.492. The number of nitrogens with zero attached hydrogens (tertiary/aromatic N) is 1. The van der Waals surface area contributed by atoms with E-state index in [9.17, 15) is 14.4 Å². The molecule has 0 bridgehead atoms. The Hall–Kier alpha value is -1.69. The highest BCUT2D eigenvalue weighted by molar-refractivity contribution is 5.95. The van der Waals surface area contributed by atoms with E-state index in [-0.39, 0.29) is 57.0 Å². The van der Waals surface area contributed by atoms with Crippen molar-refractivity contribution in [3.05, 3.63) is 11.6 Å². The fraction of sp³-hybridized carbons (Fsp3) is 0.868. The number of carbonyl (C=O) groups excluding carboxylic acids is 3. The second-order valence-electron chi connectivity index (χ2n) is 17.4. The minimum atomic E-state index is -0.532. The van der Waals surface area contributed by atoms with Gasteiger partial charge in [0, 0.05) is 24.8 Å². The maximum atomic E-state index is 14.6. The molecule has 248 valence electrons. The summed E-state index contributed by atoms with van der Waals surface area (Å²) in [6.45, 7) is 25.2. The summed E-state index contributed by atoms with van der Waals surface area (Å²) >= 11 is 0. The van der Waals surface area contributed by atoms with Crippen molar-refractivity contribution in [3.8, 4) is 0 Å². The van der Waals surface area contributed by atoms with Crippen LogP contribution < -0.4 is 0 Å². The fourth-order valence-corrected chi connectivity index (χ4v) is 11.7. The summed E-state index contributed by atoms with van der Waals surface area (Å²) in [6, 6.07) is 0. The molecule has 6 nitrogen and oxygen atoms in total. The van der Waals surface area contributed by atoms with Crippen LogP contribution in [0.5, 0.6) is 0 Å². The van der Waals surface area contributed by atoms with Crippen molar-refractivity contribution < 1.29 is 23.9 Å². The van der Waals surface area contributed by atoms with Gasteiger partial charge < -0.3 is 14.4 Å². The van der Waals surface area contributed by atoms with E-state index in [0.29, 0.717) is 18.3 Å². The van der Waals surface area contributed by atoms with E-state index in [1.807, 2.05) is 0 Å². The van der Waals surface area contributed by atoms with Crippen LogP contribution in [0, 0.1) is 50.2 Å². The number of fused-ring (bicyclic) bond motifs is 7. The highest BCUT2D eigenvalue weighted by atomic mass is 16.5. The number of likely N-dealkylation sites (N-methyl/N-ethyl adjacent to an activating group) is 1. The topological polar surface area (TPSA) is 72.9 Å². The predicted octanol–water partition coefficient (Wildman–Crippen LogP) is 7.78. The van der Waals surface area contributed by atoms with Gasteiger partial charge >= 0.3 is 11.9 Å². The molecule has 5 aliphatic carbocycles. The van der Waals surface area contributed by atoms with Crippen molar-refractivity contribution in [1.82, 2.24) is 4.90 Å². The van der Waals surface area contributed by atoms with Crippen LogP contribution in [0.2, 0.25) is 0 Å². The lowest BCUT2D eigenvalue weighted by Gasteiger charge is -2.70. The molecule has 0 aromatic heterocycles. The molecule has 0 spiro atoms. The van der Waals surface area contributed by atoms with Crippen molar-refractivity contribution in [1.29, 1.82) is 0 Å². The summed E-state index contributed by atoms with van der Waals surface area (Å²) in [4.78, 5) is 42.6. The summed E-state index contributed by atoms with van der Waals surface area (Å²) in [7, 11) is 0. The standard InChI is InChI=1S/C38H61NO5/c1-11-39(12-2)21-22-43-32(42)35(7)18-17-34(6)19-20-37(9)26(27(34)24-35)23-28(41)31-36(8)15-14-30(44-25(3)40)33(4,5)29(36)13-16-38(31,37)10/h23,27,29-31H,11-22,24H2,1-10H3/t27-,29-,30-,31+,34+,35?,36-,37+,38+/m0/s1. The van der Waals surface area contributed by atoms with E-state index in [1.54, 1.807) is 0 Å². The molecular formula is C38H61NO5. The van der Waals surface area contributed by atoms with Crippen LogP contribution in [0.25, 0.3) is 0 Å². The van der Waals surface area contributed by atoms with Crippen LogP contribution in [-0.4, -0.2) is 55.0 Å². The molecule has 4 saturated carbocycles. The summed E-state index contributed by atoms with van der Waals surface area (Å²) in [6.07, 6.45) is 10.6. The van der Waals surface area contributed by atoms with Gasteiger partial charge in [0.1, 0.15) is 12.7 Å². The number of carbonyl (C=O) groups is 3. The molecule has 0 aromatic rings. The SMILES string of the molecule is CCN(CC)CCOC(=O)C1(C)CC[C@]2(C)CC[C@]3(C)C(=CC(=O)[C@@H]4[C@@]5(C)CC[C@H](OC(C)=O)C(C)(C)[C@@H]5CC[C@]43C)[C@@H]2C1. The normalized spacial score (nSPS) is 44.4. The van der Waals surface area contributed by atoms with E-state index in [0.717, 1.165) is 77.4 Å². The number of ether oxygens (including phenoxy) is 2. The minimum Gasteiger partial charge on any atom is -0.464 e. The van der Waals surface area contributed by atoms with Gasteiger partial charge in [-0.25, -0.2) is 0 Å². The highest BCUT2D eigenvalue weighted by Crippen LogP contribution is 2.75. The van der Waals surface area contributed by atoms with Gasteiger partial charge in [0.15, 0.2) is 5.78 Å². The monoisotopic (exact) mass is 611 g/mol. The van der Waals surface area contributed by atoms with Crippen molar-refractivity contribution in [2.45, 2.75) is 133 Å². The lowest BCUT2D eigenvalue weighted by atomic mass is 9.33. The predicted molar refractivity (Wildman–Crippen MR) is 174 cm³/mol. The largest absolute Gasteiger partial charge is 0.464 e. The third-order valence-corrected chi connectivity index (χ3v) is 14.8. The second kappa shape index (κ2) is 11.2. The third-order valence-electron chi connectivity index (χ3n) is 14.8. The van der Waals surface area contributed by atoms with Crippen LogP contribution in [0.3, 0.4) is 0 Å². The minimum absolute atomic E-state index is 0.0515. The van der Waals surface area contributed by atoms with Gasteiger partial charge in [-0.15, -0.1) is 0 Å². The molecule has 1 unspecified atom stereocenters. The quantitative estimate of drug-likeness (QED) is 0.274. The van der Waals surface area contributed by atoms with Crippen LogP contribution in [0.1, 0.15) is 127 Å². The lowest BCUT2D eigenvalue weighted by Crippen LogP contribution is -2.66. The molecule has 0 N–H and O–H groups in total. The van der Waals surface area contributed by atoms with Gasteiger partial charge in [-0.2, -0.15) is 0 Å². The molecule has 0 aromatic carbocycles. The Balaban J connectivity index is 1.45. The van der Waals surface area contributed by atoms with E-state index in [1.165, 1.54) is 12.5 Å². The Kier molecular flexibility index (Phi) is 8.59. The van der Waals surface area contributed by atoms with E-state index < -0.39 is 5.41 Å². The number of hydrogen-bond acceptors (Lipinski definition) is 6. The lowest BCUT2D eigenvalue weighted by molar-refractivity contribution is -0.210. The second-order valence-corrected chi connectivity index (χ2v) is 17.4. The van der Waals surface area contributed by atoms with Crippen molar-refractivity contribution >= 4 is 17.7 Å². The zero-order valence-corrected chi connectivity index (χ0v) is 29.6. The Morgan fingerprint density at radius 2 is 1.57 bits per heavy atom. The van der Waals surface area contributed by atoms with Gasteiger partial charge in [0.05, 0.1) is 5.41 Å². The first-order chi connectivity index (χ1) is 20.4. The molecule has 0 saturated heterocycles. The molecule has 0 amide bonds. The van der Waals surface area contributed by atoms with Gasteiger partial charge in [-0.3, -0.25) is 14.4 Å². The third kappa shape index (κ3) is 4.94. The molecule has 0 aliphatic heterocycles. The molecule has 0 heterocycles. The van der Waals surface area contributed by atoms with Crippen molar-refractivity contribution in [2.75, 3.05) is 26.2 Å². The molecule has 44 heavy (non-hydrogen) atoms. The van der Waals surface area contributed by atoms with Crippen molar-refractivity contribution in [2.24, 2.45) is 50.2 Å². The number of rotatable bonds is 7. The molecular weight excluding hydrogens is 550 g/mol. The number of allylic oxidation sites excluding steroid dienone is 2. The van der Waals surface area contributed by atoms with Crippen LogP contribution in [0.15, 0.2) is 11.6 Å². The molecule has 5 aliphatic rings. The van der Waals surface area contributed by atoms with E-state index in [4.69, 9.17) is 9.47 Å². The fourth-order valence-electron chi connectivity index (χ4n) is 11.7. The Morgan fingerprint density at radius 1 is 0.909 bits per heavy atom. The summed E-state index contributed by atoms with van der Waals surface area (Å²) < 4.78 is 11.8. The highest BCUT2D eigenvalue weighted by Gasteiger charge is 2.70. The van der Waals surface area contributed by atoms with Crippen molar-refractivity contribution in [3.63, 3.8) is 0 Å². The molecule has 6 heteroatoms. The smallest absolute Gasteiger partial charge is 0.311 e. The first kappa shape index (κ1) is 33.7. The van der Waals surface area contributed by atoms with Crippen LogP contribution in [0.4, 0.5) is 0 Å². The zero-order chi connectivity index (χ0) is 32.5. The van der Waals surface area contributed by atoms with E-state index >= 15 is 0 Å². The van der Waals surface area contributed by atoms with Gasteiger partial charge in [0.25, 0.3) is 0 Å². The zero-order valence-electron chi connectivity index (χ0n) is 29.6. The van der Waals surface area contributed by atoms with E-state index in [2.05, 4.69) is 73.3 Å². The van der Waals surface area contributed by atoms with Gasteiger partial charge in [0.2, 0.25) is 0 Å². The molecule has 5 rings (SSSR count). The molecule has 9 atom stereocenters. The number of ketones is 1. The van der Waals surface area contributed by atoms with Crippen LogP contribution >= 0.6 is 0 Å². The molecule has 0 radical (unpaired) electrons. The molecule has 4 fully saturated rings.